The van der Waals surface area contributed by atoms with Crippen LogP contribution in [0, 0.1) is 0 Å². The Morgan fingerprint density at radius 1 is 1.05 bits per heavy atom. The van der Waals surface area contributed by atoms with Gasteiger partial charge in [0.25, 0.3) is 0 Å². The van der Waals surface area contributed by atoms with Gasteiger partial charge in [-0.25, -0.2) is 4.98 Å². The highest BCUT2D eigenvalue weighted by molar-refractivity contribution is 5.48. The van der Waals surface area contributed by atoms with Gasteiger partial charge in [0, 0.05) is 51.5 Å². The molecule has 0 atom stereocenters. The van der Waals surface area contributed by atoms with Crippen molar-refractivity contribution in [2.45, 2.75) is 38.6 Å². The third kappa shape index (κ3) is 3.44. The van der Waals surface area contributed by atoms with Crippen LogP contribution in [0.15, 0.2) is 18.3 Å². The lowest BCUT2D eigenvalue weighted by Gasteiger charge is -2.42. The minimum absolute atomic E-state index is 0.541. The van der Waals surface area contributed by atoms with Crippen molar-refractivity contribution in [3.8, 4) is 0 Å². The van der Waals surface area contributed by atoms with Crippen LogP contribution in [0.2, 0.25) is 0 Å². The summed E-state index contributed by atoms with van der Waals surface area (Å²) in [6.45, 7) is 11.7. The van der Waals surface area contributed by atoms with Gasteiger partial charge in [0.15, 0.2) is 0 Å². The largest absolute Gasteiger partial charge is 0.356 e. The van der Waals surface area contributed by atoms with Crippen molar-refractivity contribution in [1.82, 2.24) is 14.8 Å². The number of anilines is 1. The topological polar surface area (TPSA) is 22.6 Å². The van der Waals surface area contributed by atoms with Crippen molar-refractivity contribution in [2.24, 2.45) is 0 Å². The van der Waals surface area contributed by atoms with Crippen LogP contribution in [0.5, 0.6) is 0 Å². The van der Waals surface area contributed by atoms with E-state index in [0.717, 1.165) is 19.1 Å². The Labute approximate surface area is 135 Å². The van der Waals surface area contributed by atoms with E-state index in [-0.39, 0.29) is 0 Å². The summed E-state index contributed by atoms with van der Waals surface area (Å²) < 4.78 is 0. The van der Waals surface area contributed by atoms with E-state index in [1.807, 2.05) is 6.20 Å². The second kappa shape index (κ2) is 6.97. The van der Waals surface area contributed by atoms with Gasteiger partial charge in [0.05, 0.1) is 0 Å². The van der Waals surface area contributed by atoms with Crippen LogP contribution in [0.25, 0.3) is 0 Å². The maximum atomic E-state index is 4.68. The molecule has 2 aliphatic rings. The Hall–Kier alpha value is -1.13. The maximum absolute atomic E-state index is 4.68. The number of piperazine rings is 1. The molecule has 1 aromatic rings. The van der Waals surface area contributed by atoms with Crippen LogP contribution < -0.4 is 4.90 Å². The summed E-state index contributed by atoms with van der Waals surface area (Å²) in [7, 11) is 2.23. The van der Waals surface area contributed by atoms with Crippen molar-refractivity contribution in [3.63, 3.8) is 0 Å². The molecule has 0 radical (unpaired) electrons. The van der Waals surface area contributed by atoms with Crippen LogP contribution in [-0.2, 0) is 0 Å². The highest BCUT2D eigenvalue weighted by Crippen LogP contribution is 2.28. The first kappa shape index (κ1) is 15.8. The molecular weight excluding hydrogens is 272 g/mol. The summed E-state index contributed by atoms with van der Waals surface area (Å²) in [5.41, 5.74) is 1.39. The Morgan fingerprint density at radius 3 is 2.36 bits per heavy atom. The van der Waals surface area contributed by atoms with E-state index in [1.54, 1.807) is 0 Å². The Balaban J connectivity index is 1.60. The molecule has 0 N–H and O–H groups in total. The van der Waals surface area contributed by atoms with E-state index in [9.17, 15) is 0 Å². The lowest BCUT2D eigenvalue weighted by atomic mass is 9.99. The lowest BCUT2D eigenvalue weighted by Crippen LogP contribution is -2.52. The average Bonchev–Trinajstić information content (AvgIpc) is 2.56. The van der Waals surface area contributed by atoms with Gasteiger partial charge < -0.3 is 9.80 Å². The molecule has 0 aliphatic carbocycles. The van der Waals surface area contributed by atoms with Gasteiger partial charge in [-0.3, -0.25) is 4.90 Å². The number of hydrogen-bond donors (Lipinski definition) is 0. The van der Waals surface area contributed by atoms with E-state index < -0.39 is 0 Å². The molecule has 0 unspecified atom stereocenters. The second-order valence-electron chi connectivity index (χ2n) is 7.13. The summed E-state index contributed by atoms with van der Waals surface area (Å²) in [5.74, 6) is 1.76. The first-order valence-electron chi connectivity index (χ1n) is 8.77. The van der Waals surface area contributed by atoms with Gasteiger partial charge in [-0.15, -0.1) is 0 Å². The smallest absolute Gasteiger partial charge is 0.131 e. The molecule has 4 heteroatoms. The predicted molar refractivity (Wildman–Crippen MR) is 92.6 cm³/mol. The van der Waals surface area contributed by atoms with E-state index in [0.29, 0.717) is 5.92 Å². The van der Waals surface area contributed by atoms with Crippen LogP contribution in [0.4, 0.5) is 5.82 Å². The van der Waals surface area contributed by atoms with Crippen molar-refractivity contribution in [1.29, 1.82) is 0 Å². The Bertz CT molecular complexity index is 472. The zero-order valence-electron chi connectivity index (χ0n) is 14.3. The van der Waals surface area contributed by atoms with Gasteiger partial charge in [0.2, 0.25) is 0 Å². The number of aromatic nitrogens is 1. The minimum atomic E-state index is 0.541. The van der Waals surface area contributed by atoms with Crippen LogP contribution in [0.1, 0.15) is 38.2 Å². The van der Waals surface area contributed by atoms with Crippen LogP contribution in [0.3, 0.4) is 0 Å². The van der Waals surface area contributed by atoms with Crippen LogP contribution in [-0.4, -0.2) is 67.1 Å². The third-order valence-corrected chi connectivity index (χ3v) is 5.26. The SMILES string of the molecule is CC(C)c1cccnc1N1CCC(N2CCN(C)CC2)CC1. The monoisotopic (exact) mass is 302 g/mol. The molecule has 2 aliphatic heterocycles. The number of pyridine rings is 1. The average molecular weight is 302 g/mol. The lowest BCUT2D eigenvalue weighted by molar-refractivity contribution is 0.0981. The molecule has 1 aromatic heterocycles. The summed E-state index contributed by atoms with van der Waals surface area (Å²) >= 11 is 0. The molecule has 22 heavy (non-hydrogen) atoms. The number of nitrogens with zero attached hydrogens (tertiary/aromatic N) is 4. The van der Waals surface area contributed by atoms with Crippen LogP contribution >= 0.6 is 0 Å². The van der Waals surface area contributed by atoms with E-state index in [1.165, 1.54) is 50.4 Å². The van der Waals surface area contributed by atoms with Gasteiger partial charge in [-0.1, -0.05) is 19.9 Å². The summed E-state index contributed by atoms with van der Waals surface area (Å²) in [5, 5.41) is 0. The molecule has 0 aromatic carbocycles. The predicted octanol–water partition coefficient (Wildman–Crippen LogP) is 2.42. The third-order valence-electron chi connectivity index (χ3n) is 5.26. The molecule has 2 fully saturated rings. The Morgan fingerprint density at radius 2 is 1.73 bits per heavy atom. The number of rotatable bonds is 3. The first-order valence-corrected chi connectivity index (χ1v) is 8.77. The fraction of sp³-hybridized carbons (Fsp3) is 0.722. The molecule has 0 spiro atoms. The van der Waals surface area contributed by atoms with Gasteiger partial charge >= 0.3 is 0 Å². The minimum Gasteiger partial charge on any atom is -0.356 e. The fourth-order valence-corrected chi connectivity index (χ4v) is 3.75. The van der Waals surface area contributed by atoms with E-state index in [4.69, 9.17) is 0 Å². The second-order valence-corrected chi connectivity index (χ2v) is 7.13. The zero-order chi connectivity index (χ0) is 15.5. The van der Waals surface area contributed by atoms with Gasteiger partial charge in [-0.05, 0) is 37.4 Å². The molecule has 4 nitrogen and oxygen atoms in total. The highest BCUT2D eigenvalue weighted by Gasteiger charge is 2.27. The van der Waals surface area contributed by atoms with Gasteiger partial charge in [0.1, 0.15) is 5.82 Å². The molecule has 0 bridgehead atoms. The van der Waals surface area contributed by atoms with Gasteiger partial charge in [-0.2, -0.15) is 0 Å². The van der Waals surface area contributed by atoms with E-state index in [2.05, 4.69) is 52.7 Å². The number of likely N-dealkylation sites (N-methyl/N-ethyl adjacent to an activating group) is 1. The molecule has 0 saturated carbocycles. The molecule has 3 rings (SSSR count). The molecule has 2 saturated heterocycles. The fourth-order valence-electron chi connectivity index (χ4n) is 3.75. The highest BCUT2D eigenvalue weighted by atomic mass is 15.3. The van der Waals surface area contributed by atoms with Crippen molar-refractivity contribution >= 4 is 5.82 Å². The normalized spacial score (nSPS) is 22.5. The maximum Gasteiger partial charge on any atom is 0.131 e. The van der Waals surface area contributed by atoms with E-state index >= 15 is 0 Å². The summed E-state index contributed by atoms with van der Waals surface area (Å²) in [6, 6.07) is 5.08. The van der Waals surface area contributed by atoms with Crippen molar-refractivity contribution in [2.75, 3.05) is 51.2 Å². The van der Waals surface area contributed by atoms with Crippen molar-refractivity contribution in [3.05, 3.63) is 23.9 Å². The molecule has 122 valence electrons. The first-order chi connectivity index (χ1) is 10.6. The quantitative estimate of drug-likeness (QED) is 0.855. The number of hydrogen-bond acceptors (Lipinski definition) is 4. The standard InChI is InChI=1S/C18H30N4/c1-15(2)17-5-4-8-19-18(17)22-9-6-16(7-10-22)21-13-11-20(3)12-14-21/h4-5,8,15-16H,6-7,9-14H2,1-3H3. The molecule has 3 heterocycles. The zero-order valence-corrected chi connectivity index (χ0v) is 14.3. The molecular formula is C18H30N4. The summed E-state index contributed by atoms with van der Waals surface area (Å²) in [4.78, 5) is 12.3. The van der Waals surface area contributed by atoms with Crippen molar-refractivity contribution < 1.29 is 0 Å². The summed E-state index contributed by atoms with van der Waals surface area (Å²) in [6.07, 6.45) is 4.49. The number of piperidine rings is 1. The Kier molecular flexibility index (Phi) is 4.99. The molecule has 0 amide bonds.